The van der Waals surface area contributed by atoms with Gasteiger partial charge in [0.05, 0.1) is 6.54 Å². The second-order valence-corrected chi connectivity index (χ2v) is 7.34. The Bertz CT molecular complexity index is 811. The Morgan fingerprint density at radius 3 is 2.59 bits per heavy atom. The van der Waals surface area contributed by atoms with E-state index < -0.39 is 0 Å². The first-order valence-corrected chi connectivity index (χ1v) is 9.54. The smallest absolute Gasteiger partial charge is 0.222 e. The fraction of sp³-hybridized carbons (Fsp3) is 0.364. The number of likely N-dealkylation sites (tertiary alicyclic amines) is 1. The minimum atomic E-state index is 0.254. The summed E-state index contributed by atoms with van der Waals surface area (Å²) in [6.07, 6.45) is 1.65. The molecule has 0 saturated carbocycles. The van der Waals surface area contributed by atoms with Gasteiger partial charge in [0.15, 0.2) is 5.96 Å². The number of aliphatic imine (C=N–C) groups is 1. The lowest BCUT2D eigenvalue weighted by atomic mass is 10.0. The van der Waals surface area contributed by atoms with Gasteiger partial charge in [-0.05, 0) is 41.2 Å². The highest BCUT2D eigenvalue weighted by molar-refractivity contribution is 5.92. The molecular formula is C22H28N4O. The van der Waals surface area contributed by atoms with Crippen molar-refractivity contribution in [3.63, 3.8) is 0 Å². The van der Waals surface area contributed by atoms with Crippen molar-refractivity contribution in [1.82, 2.24) is 4.90 Å². The van der Waals surface area contributed by atoms with Crippen LogP contribution < -0.4 is 11.1 Å². The molecule has 0 unspecified atom stereocenters. The van der Waals surface area contributed by atoms with E-state index in [0.717, 1.165) is 29.8 Å². The van der Waals surface area contributed by atoms with E-state index in [2.05, 4.69) is 48.4 Å². The summed E-state index contributed by atoms with van der Waals surface area (Å²) in [4.78, 5) is 18.1. The van der Waals surface area contributed by atoms with Gasteiger partial charge in [0, 0.05) is 25.2 Å². The predicted molar refractivity (Wildman–Crippen MR) is 111 cm³/mol. The maximum absolute atomic E-state index is 11.7. The highest BCUT2D eigenvalue weighted by Gasteiger charge is 2.19. The summed E-state index contributed by atoms with van der Waals surface area (Å²) in [6, 6.07) is 16.4. The van der Waals surface area contributed by atoms with Gasteiger partial charge in [-0.3, -0.25) is 4.79 Å². The molecule has 1 aliphatic heterocycles. The summed E-state index contributed by atoms with van der Waals surface area (Å²) >= 11 is 0. The van der Waals surface area contributed by atoms with Crippen LogP contribution in [-0.4, -0.2) is 23.3 Å². The zero-order chi connectivity index (χ0) is 19.2. The van der Waals surface area contributed by atoms with E-state index in [0.29, 0.717) is 31.4 Å². The lowest BCUT2D eigenvalue weighted by Crippen LogP contribution is -2.23. The van der Waals surface area contributed by atoms with Gasteiger partial charge in [0.1, 0.15) is 0 Å². The second kappa shape index (κ2) is 8.71. The molecule has 2 aromatic carbocycles. The molecule has 1 saturated heterocycles. The van der Waals surface area contributed by atoms with Crippen LogP contribution in [0.1, 0.15) is 49.3 Å². The number of carbonyl (C=O) groups excluding carboxylic acids is 1. The third-order valence-corrected chi connectivity index (χ3v) is 4.83. The first kappa shape index (κ1) is 19.0. The molecular weight excluding hydrogens is 336 g/mol. The highest BCUT2D eigenvalue weighted by atomic mass is 16.2. The number of guanidine groups is 1. The van der Waals surface area contributed by atoms with Gasteiger partial charge in [-0.1, -0.05) is 50.2 Å². The van der Waals surface area contributed by atoms with Crippen LogP contribution >= 0.6 is 0 Å². The van der Waals surface area contributed by atoms with Gasteiger partial charge in [-0.15, -0.1) is 0 Å². The molecule has 3 N–H and O–H groups in total. The van der Waals surface area contributed by atoms with E-state index in [1.165, 1.54) is 5.56 Å². The molecule has 27 heavy (non-hydrogen) atoms. The maximum atomic E-state index is 11.7. The second-order valence-electron chi connectivity index (χ2n) is 7.34. The molecule has 0 radical (unpaired) electrons. The SMILES string of the molecule is CC(C)c1cccc(NC(N)=NCc2ccc(CN3CCCC3=O)cc2)c1. The molecule has 0 atom stereocenters. The Morgan fingerprint density at radius 1 is 1.19 bits per heavy atom. The first-order valence-electron chi connectivity index (χ1n) is 9.54. The lowest BCUT2D eigenvalue weighted by Gasteiger charge is -2.15. The molecule has 1 fully saturated rings. The number of rotatable bonds is 6. The van der Waals surface area contributed by atoms with Crippen LogP contribution in [0.2, 0.25) is 0 Å². The van der Waals surface area contributed by atoms with Crippen LogP contribution in [0.5, 0.6) is 0 Å². The topological polar surface area (TPSA) is 70.7 Å². The Hall–Kier alpha value is -2.82. The van der Waals surface area contributed by atoms with Crippen LogP contribution in [-0.2, 0) is 17.9 Å². The number of hydrogen-bond acceptors (Lipinski definition) is 2. The van der Waals surface area contributed by atoms with Crippen LogP contribution in [0.4, 0.5) is 5.69 Å². The van der Waals surface area contributed by atoms with E-state index in [9.17, 15) is 4.79 Å². The largest absolute Gasteiger partial charge is 0.370 e. The molecule has 0 aliphatic carbocycles. The minimum absolute atomic E-state index is 0.254. The summed E-state index contributed by atoms with van der Waals surface area (Å²) in [5.74, 6) is 1.13. The summed E-state index contributed by atoms with van der Waals surface area (Å²) in [5, 5.41) is 3.16. The number of nitrogens with zero attached hydrogens (tertiary/aromatic N) is 2. The van der Waals surface area contributed by atoms with Crippen molar-refractivity contribution in [3.8, 4) is 0 Å². The molecule has 3 rings (SSSR count). The quantitative estimate of drug-likeness (QED) is 0.604. The molecule has 2 aromatic rings. The van der Waals surface area contributed by atoms with Crippen molar-refractivity contribution in [2.45, 2.75) is 45.7 Å². The van der Waals surface area contributed by atoms with E-state index >= 15 is 0 Å². The van der Waals surface area contributed by atoms with Crippen LogP contribution in [0.15, 0.2) is 53.5 Å². The van der Waals surface area contributed by atoms with Gasteiger partial charge in [-0.2, -0.15) is 0 Å². The van der Waals surface area contributed by atoms with E-state index in [1.54, 1.807) is 0 Å². The van der Waals surface area contributed by atoms with Crippen LogP contribution in [0.25, 0.3) is 0 Å². The van der Waals surface area contributed by atoms with Crippen molar-refractivity contribution in [3.05, 3.63) is 65.2 Å². The Labute approximate surface area is 161 Å². The van der Waals surface area contributed by atoms with E-state index in [4.69, 9.17) is 5.73 Å². The first-order chi connectivity index (χ1) is 13.0. The monoisotopic (exact) mass is 364 g/mol. The molecule has 5 nitrogen and oxygen atoms in total. The number of anilines is 1. The number of carbonyl (C=O) groups is 1. The normalized spacial score (nSPS) is 14.9. The van der Waals surface area contributed by atoms with Gasteiger partial charge in [0.2, 0.25) is 5.91 Å². The number of amides is 1. The van der Waals surface area contributed by atoms with Crippen molar-refractivity contribution in [2.24, 2.45) is 10.7 Å². The van der Waals surface area contributed by atoms with Gasteiger partial charge < -0.3 is 16.0 Å². The van der Waals surface area contributed by atoms with Crippen molar-refractivity contribution in [2.75, 3.05) is 11.9 Å². The Balaban J connectivity index is 1.55. The lowest BCUT2D eigenvalue weighted by molar-refractivity contribution is -0.128. The summed E-state index contributed by atoms with van der Waals surface area (Å²) in [5.41, 5.74) is 10.5. The molecule has 1 amide bonds. The fourth-order valence-electron chi connectivity index (χ4n) is 3.18. The standard InChI is InChI=1S/C22H28N4O/c1-16(2)19-5-3-6-20(13-19)25-22(23)24-14-17-8-10-18(11-9-17)15-26-12-4-7-21(26)27/h3,5-6,8-11,13,16H,4,7,12,14-15H2,1-2H3,(H3,23,24,25). The number of nitrogens with one attached hydrogen (secondary N) is 1. The van der Waals surface area contributed by atoms with Crippen LogP contribution in [0, 0.1) is 0 Å². The zero-order valence-electron chi connectivity index (χ0n) is 16.1. The molecule has 5 heteroatoms. The average Bonchev–Trinajstić information content (AvgIpc) is 3.06. The van der Waals surface area contributed by atoms with Gasteiger partial charge in [0.25, 0.3) is 0 Å². The van der Waals surface area contributed by atoms with Crippen LogP contribution in [0.3, 0.4) is 0 Å². The maximum Gasteiger partial charge on any atom is 0.222 e. The van der Waals surface area contributed by atoms with Crippen molar-refractivity contribution in [1.29, 1.82) is 0 Å². The van der Waals surface area contributed by atoms with Gasteiger partial charge >= 0.3 is 0 Å². The van der Waals surface area contributed by atoms with Gasteiger partial charge in [-0.25, -0.2) is 4.99 Å². The minimum Gasteiger partial charge on any atom is -0.370 e. The molecule has 0 bridgehead atoms. The Kier molecular flexibility index (Phi) is 6.12. The molecule has 0 spiro atoms. The number of hydrogen-bond donors (Lipinski definition) is 2. The number of benzene rings is 2. The summed E-state index contributed by atoms with van der Waals surface area (Å²) in [7, 11) is 0. The average molecular weight is 364 g/mol. The fourth-order valence-corrected chi connectivity index (χ4v) is 3.18. The summed E-state index contributed by atoms with van der Waals surface area (Å²) in [6.45, 7) is 6.41. The molecule has 1 aliphatic rings. The van der Waals surface area contributed by atoms with E-state index in [1.807, 2.05) is 29.2 Å². The van der Waals surface area contributed by atoms with Crippen molar-refractivity contribution < 1.29 is 4.79 Å². The summed E-state index contributed by atoms with van der Waals surface area (Å²) < 4.78 is 0. The van der Waals surface area contributed by atoms with E-state index in [-0.39, 0.29) is 5.91 Å². The predicted octanol–water partition coefficient (Wildman–Crippen LogP) is 3.86. The molecule has 142 valence electrons. The highest BCUT2D eigenvalue weighted by Crippen LogP contribution is 2.18. The van der Waals surface area contributed by atoms with Crippen molar-refractivity contribution >= 4 is 17.6 Å². The zero-order valence-corrected chi connectivity index (χ0v) is 16.1. The molecule has 0 aromatic heterocycles. The third-order valence-electron chi connectivity index (χ3n) is 4.83. The third kappa shape index (κ3) is 5.33. The Morgan fingerprint density at radius 2 is 1.93 bits per heavy atom. The molecule has 1 heterocycles. The number of nitrogens with two attached hydrogens (primary N) is 1.